The molecule has 4 aromatic rings. The molecular formula is C17H13FN6O2. The average molecular weight is 352 g/mol. The van der Waals surface area contributed by atoms with Crippen LogP contribution in [-0.4, -0.2) is 31.2 Å². The quantitative estimate of drug-likeness (QED) is 0.586. The molecule has 3 heterocycles. The molecular weight excluding hydrogens is 339 g/mol. The third kappa shape index (κ3) is 2.69. The van der Waals surface area contributed by atoms with Gasteiger partial charge in [-0.2, -0.15) is 5.10 Å². The lowest BCUT2D eigenvalue weighted by Gasteiger charge is -2.09. The number of hydrogen-bond acceptors (Lipinski definition) is 6. The van der Waals surface area contributed by atoms with Gasteiger partial charge in [-0.05, 0) is 38.1 Å². The van der Waals surface area contributed by atoms with Gasteiger partial charge < -0.3 is 9.84 Å². The van der Waals surface area contributed by atoms with Gasteiger partial charge in [-0.1, -0.05) is 5.16 Å². The number of benzene rings is 1. The van der Waals surface area contributed by atoms with E-state index in [2.05, 4.69) is 30.6 Å². The standard InChI is InChI=1S/C17H13FN6O2/c1-8-5-11(14-9(2)24-26-17(14)21-8)16(25)22-13-6-10(3-4-12(13)18)15-19-7-20-23-15/h3-7H,1-2H3,(H,22,25)(H,19,20,23). The lowest BCUT2D eigenvalue weighted by atomic mass is 10.1. The van der Waals surface area contributed by atoms with Crippen LogP contribution in [-0.2, 0) is 0 Å². The normalized spacial score (nSPS) is 11.0. The van der Waals surface area contributed by atoms with Crippen molar-refractivity contribution in [2.24, 2.45) is 0 Å². The summed E-state index contributed by atoms with van der Waals surface area (Å²) in [5.41, 5.74) is 2.33. The van der Waals surface area contributed by atoms with Gasteiger partial charge in [0.2, 0.25) is 0 Å². The summed E-state index contributed by atoms with van der Waals surface area (Å²) in [6.45, 7) is 3.45. The molecule has 0 aliphatic rings. The van der Waals surface area contributed by atoms with Crippen molar-refractivity contribution >= 4 is 22.7 Å². The SMILES string of the molecule is Cc1cc(C(=O)Nc2cc(-c3ncn[nH]3)ccc2F)c2c(C)noc2n1. The summed E-state index contributed by atoms with van der Waals surface area (Å²) in [4.78, 5) is 21.0. The second kappa shape index (κ2) is 6.03. The van der Waals surface area contributed by atoms with Gasteiger partial charge >= 0.3 is 0 Å². The Morgan fingerprint density at radius 1 is 1.27 bits per heavy atom. The van der Waals surface area contributed by atoms with Crippen molar-refractivity contribution in [1.29, 1.82) is 0 Å². The van der Waals surface area contributed by atoms with Gasteiger partial charge in [0.25, 0.3) is 11.6 Å². The fourth-order valence-corrected chi connectivity index (χ4v) is 2.70. The van der Waals surface area contributed by atoms with E-state index in [4.69, 9.17) is 4.52 Å². The van der Waals surface area contributed by atoms with E-state index in [0.29, 0.717) is 33.7 Å². The molecule has 0 bridgehead atoms. The minimum absolute atomic E-state index is 0.0284. The molecule has 0 radical (unpaired) electrons. The summed E-state index contributed by atoms with van der Waals surface area (Å²) in [5, 5.41) is 13.4. The van der Waals surface area contributed by atoms with E-state index < -0.39 is 11.7 Å². The second-order valence-corrected chi connectivity index (χ2v) is 5.74. The van der Waals surface area contributed by atoms with Crippen LogP contribution in [0.1, 0.15) is 21.7 Å². The Bertz CT molecular complexity index is 1120. The molecule has 0 saturated heterocycles. The van der Waals surface area contributed by atoms with Crippen LogP contribution in [0.3, 0.4) is 0 Å². The molecule has 0 aliphatic carbocycles. The lowest BCUT2D eigenvalue weighted by molar-refractivity contribution is 0.102. The number of aromatic nitrogens is 5. The zero-order valence-electron chi connectivity index (χ0n) is 13.9. The summed E-state index contributed by atoms with van der Waals surface area (Å²) in [7, 11) is 0. The number of H-pyrrole nitrogens is 1. The molecule has 0 fully saturated rings. The fourth-order valence-electron chi connectivity index (χ4n) is 2.70. The number of anilines is 1. The van der Waals surface area contributed by atoms with Crippen LogP contribution in [0, 0.1) is 19.7 Å². The highest BCUT2D eigenvalue weighted by atomic mass is 19.1. The van der Waals surface area contributed by atoms with Crippen LogP contribution in [0.5, 0.6) is 0 Å². The predicted octanol–water partition coefficient (Wildman–Crippen LogP) is 3.02. The number of nitrogens with one attached hydrogen (secondary N) is 2. The summed E-state index contributed by atoms with van der Waals surface area (Å²) in [6.07, 6.45) is 1.35. The van der Waals surface area contributed by atoms with Gasteiger partial charge in [0.05, 0.1) is 22.3 Å². The Morgan fingerprint density at radius 3 is 2.88 bits per heavy atom. The molecule has 0 atom stereocenters. The fraction of sp³-hybridized carbons (Fsp3) is 0.118. The highest BCUT2D eigenvalue weighted by Gasteiger charge is 2.19. The number of hydrogen-bond donors (Lipinski definition) is 2. The molecule has 130 valence electrons. The minimum atomic E-state index is -0.564. The smallest absolute Gasteiger partial charge is 0.258 e. The molecule has 0 aliphatic heterocycles. The highest BCUT2D eigenvalue weighted by molar-refractivity contribution is 6.12. The van der Waals surface area contributed by atoms with Gasteiger partial charge in [-0.3, -0.25) is 9.89 Å². The molecule has 8 nitrogen and oxygen atoms in total. The maximum atomic E-state index is 14.2. The highest BCUT2D eigenvalue weighted by Crippen LogP contribution is 2.25. The van der Waals surface area contributed by atoms with Crippen molar-refractivity contribution in [1.82, 2.24) is 25.3 Å². The van der Waals surface area contributed by atoms with Crippen LogP contribution in [0.2, 0.25) is 0 Å². The third-order valence-electron chi connectivity index (χ3n) is 3.89. The lowest BCUT2D eigenvalue weighted by Crippen LogP contribution is -2.14. The zero-order valence-corrected chi connectivity index (χ0v) is 13.9. The molecule has 0 saturated carbocycles. The maximum Gasteiger partial charge on any atom is 0.258 e. The Labute approximate surface area is 146 Å². The molecule has 0 spiro atoms. The van der Waals surface area contributed by atoms with E-state index in [9.17, 15) is 9.18 Å². The molecule has 26 heavy (non-hydrogen) atoms. The van der Waals surface area contributed by atoms with Crippen molar-refractivity contribution in [3.8, 4) is 11.4 Å². The first-order chi connectivity index (χ1) is 12.5. The Morgan fingerprint density at radius 2 is 2.12 bits per heavy atom. The number of fused-ring (bicyclic) bond motifs is 1. The van der Waals surface area contributed by atoms with Gasteiger partial charge in [0, 0.05) is 11.3 Å². The topological polar surface area (TPSA) is 110 Å². The first kappa shape index (κ1) is 15.9. The van der Waals surface area contributed by atoms with Gasteiger partial charge in [-0.25, -0.2) is 14.4 Å². The number of amides is 1. The molecule has 0 unspecified atom stereocenters. The maximum absolute atomic E-state index is 14.2. The van der Waals surface area contributed by atoms with E-state index >= 15 is 0 Å². The number of carbonyl (C=O) groups is 1. The van der Waals surface area contributed by atoms with E-state index in [1.807, 2.05) is 0 Å². The summed E-state index contributed by atoms with van der Waals surface area (Å²) in [5.74, 6) is -0.580. The molecule has 2 N–H and O–H groups in total. The van der Waals surface area contributed by atoms with Crippen molar-refractivity contribution in [2.75, 3.05) is 5.32 Å². The summed E-state index contributed by atoms with van der Waals surface area (Å²) < 4.78 is 19.3. The Kier molecular flexibility index (Phi) is 3.68. The first-order valence-electron chi connectivity index (χ1n) is 7.73. The number of aryl methyl sites for hydroxylation is 2. The second-order valence-electron chi connectivity index (χ2n) is 5.74. The molecule has 1 amide bonds. The van der Waals surface area contributed by atoms with Crippen molar-refractivity contribution < 1.29 is 13.7 Å². The third-order valence-corrected chi connectivity index (χ3v) is 3.89. The van der Waals surface area contributed by atoms with E-state index in [1.165, 1.54) is 18.5 Å². The number of rotatable bonds is 3. The number of carbonyl (C=O) groups excluding carboxylic acids is 1. The van der Waals surface area contributed by atoms with Crippen molar-refractivity contribution in [3.05, 3.63) is 53.4 Å². The first-order valence-corrected chi connectivity index (χ1v) is 7.73. The van der Waals surface area contributed by atoms with Crippen LogP contribution < -0.4 is 5.32 Å². The molecule has 1 aromatic carbocycles. The summed E-state index contributed by atoms with van der Waals surface area (Å²) in [6, 6.07) is 5.90. The van der Waals surface area contributed by atoms with Gasteiger partial charge in [0.1, 0.15) is 12.1 Å². The van der Waals surface area contributed by atoms with Crippen molar-refractivity contribution in [2.45, 2.75) is 13.8 Å². The minimum Gasteiger partial charge on any atom is -0.336 e. The molecule has 4 rings (SSSR count). The van der Waals surface area contributed by atoms with Crippen LogP contribution in [0.25, 0.3) is 22.5 Å². The molecule has 9 heteroatoms. The summed E-state index contributed by atoms with van der Waals surface area (Å²) >= 11 is 0. The Hall–Kier alpha value is -3.62. The number of nitrogens with zero attached hydrogens (tertiary/aromatic N) is 4. The number of halogens is 1. The van der Waals surface area contributed by atoms with E-state index in [0.717, 1.165) is 0 Å². The van der Waals surface area contributed by atoms with Crippen LogP contribution in [0.4, 0.5) is 10.1 Å². The average Bonchev–Trinajstić information content (AvgIpc) is 3.26. The van der Waals surface area contributed by atoms with E-state index in [1.54, 1.807) is 26.0 Å². The van der Waals surface area contributed by atoms with E-state index in [-0.39, 0.29) is 11.4 Å². The van der Waals surface area contributed by atoms with Gasteiger partial charge in [-0.15, -0.1) is 0 Å². The Balaban J connectivity index is 1.73. The largest absolute Gasteiger partial charge is 0.336 e. The van der Waals surface area contributed by atoms with Crippen molar-refractivity contribution in [3.63, 3.8) is 0 Å². The van der Waals surface area contributed by atoms with Gasteiger partial charge in [0.15, 0.2) is 5.82 Å². The number of pyridine rings is 1. The zero-order chi connectivity index (χ0) is 18.3. The molecule has 3 aromatic heterocycles. The monoisotopic (exact) mass is 352 g/mol. The number of aromatic amines is 1. The van der Waals surface area contributed by atoms with Crippen LogP contribution >= 0.6 is 0 Å². The van der Waals surface area contributed by atoms with Crippen LogP contribution in [0.15, 0.2) is 35.1 Å². The predicted molar refractivity (Wildman–Crippen MR) is 91.0 cm³/mol.